The van der Waals surface area contributed by atoms with Gasteiger partial charge in [-0.1, -0.05) is 6.07 Å². The molecule has 1 aliphatic heterocycles. The van der Waals surface area contributed by atoms with Crippen LogP contribution in [-0.2, 0) is 4.79 Å². The van der Waals surface area contributed by atoms with Gasteiger partial charge in [0.15, 0.2) is 0 Å². The van der Waals surface area contributed by atoms with Crippen LogP contribution in [0.2, 0.25) is 0 Å². The van der Waals surface area contributed by atoms with E-state index in [1.54, 1.807) is 6.20 Å². The molecule has 1 saturated heterocycles. The number of carbonyl (C=O) groups is 1. The predicted molar refractivity (Wildman–Crippen MR) is 74.7 cm³/mol. The number of carbonyl (C=O) groups excluding carboxylic acids is 1. The van der Waals surface area contributed by atoms with E-state index in [0.29, 0.717) is 6.54 Å². The molecule has 0 radical (unpaired) electrons. The average Bonchev–Trinajstić information content (AvgIpc) is 2.68. The van der Waals surface area contributed by atoms with Gasteiger partial charge in [-0.2, -0.15) is 0 Å². The van der Waals surface area contributed by atoms with Gasteiger partial charge in [-0.3, -0.25) is 14.7 Å². The van der Waals surface area contributed by atoms with Crippen molar-refractivity contribution in [2.75, 3.05) is 32.7 Å². The molecule has 0 saturated carbocycles. The van der Waals surface area contributed by atoms with Gasteiger partial charge in [0.2, 0.25) is 5.91 Å². The lowest BCUT2D eigenvalue weighted by Gasteiger charge is -2.20. The molecule has 2 N–H and O–H groups in total. The van der Waals surface area contributed by atoms with Crippen LogP contribution in [0.15, 0.2) is 24.4 Å². The van der Waals surface area contributed by atoms with Gasteiger partial charge in [0.1, 0.15) is 0 Å². The third kappa shape index (κ3) is 4.61. The molecule has 104 valence electrons. The highest BCUT2D eigenvalue weighted by atomic mass is 16.2. The van der Waals surface area contributed by atoms with Crippen molar-refractivity contribution >= 4 is 5.91 Å². The highest BCUT2D eigenvalue weighted by molar-refractivity contribution is 5.78. The summed E-state index contributed by atoms with van der Waals surface area (Å²) in [6.07, 6.45) is 2.85. The molecule has 1 fully saturated rings. The minimum atomic E-state index is -0.0428. The lowest BCUT2D eigenvalue weighted by atomic mass is 10.2. The second kappa shape index (κ2) is 7.21. The highest BCUT2D eigenvalue weighted by Crippen LogP contribution is 2.07. The molecule has 1 aliphatic rings. The SMILES string of the molecule is C[C@@H](NC(=O)CN1CCCNCC1)c1ccccn1. The molecule has 0 spiro atoms. The normalized spacial score (nSPS) is 18.6. The van der Waals surface area contributed by atoms with Gasteiger partial charge in [0.25, 0.3) is 0 Å². The Morgan fingerprint density at radius 2 is 2.37 bits per heavy atom. The molecule has 1 atom stereocenters. The molecule has 0 bridgehead atoms. The molecular weight excluding hydrogens is 240 g/mol. The van der Waals surface area contributed by atoms with Crippen molar-refractivity contribution in [3.63, 3.8) is 0 Å². The third-order valence-corrected chi connectivity index (χ3v) is 3.31. The minimum absolute atomic E-state index is 0.0428. The Kier molecular flexibility index (Phi) is 5.30. The van der Waals surface area contributed by atoms with E-state index in [-0.39, 0.29) is 11.9 Å². The standard InChI is InChI=1S/C14H22N4O/c1-12(13-5-2-3-7-16-13)17-14(19)11-18-9-4-6-15-8-10-18/h2-3,5,7,12,15H,4,6,8-11H2,1H3,(H,17,19)/t12-/m1/s1. The van der Waals surface area contributed by atoms with Crippen molar-refractivity contribution < 1.29 is 4.79 Å². The summed E-state index contributed by atoms with van der Waals surface area (Å²) in [7, 11) is 0. The molecule has 19 heavy (non-hydrogen) atoms. The Labute approximate surface area is 114 Å². The number of aromatic nitrogens is 1. The molecule has 0 unspecified atom stereocenters. The van der Waals surface area contributed by atoms with Crippen LogP contribution in [0, 0.1) is 0 Å². The van der Waals surface area contributed by atoms with Crippen molar-refractivity contribution in [1.29, 1.82) is 0 Å². The Hall–Kier alpha value is -1.46. The maximum absolute atomic E-state index is 12.0. The van der Waals surface area contributed by atoms with Crippen LogP contribution in [0.25, 0.3) is 0 Å². The Bertz CT molecular complexity index is 388. The van der Waals surface area contributed by atoms with Gasteiger partial charge in [0, 0.05) is 19.3 Å². The summed E-state index contributed by atoms with van der Waals surface area (Å²) in [6, 6.07) is 5.70. The fraction of sp³-hybridized carbons (Fsp3) is 0.571. The fourth-order valence-corrected chi connectivity index (χ4v) is 2.26. The Morgan fingerprint density at radius 3 is 3.16 bits per heavy atom. The van der Waals surface area contributed by atoms with E-state index in [4.69, 9.17) is 0 Å². The monoisotopic (exact) mass is 262 g/mol. The number of nitrogens with zero attached hydrogens (tertiary/aromatic N) is 2. The van der Waals surface area contributed by atoms with Crippen LogP contribution in [0.1, 0.15) is 25.1 Å². The molecule has 1 amide bonds. The number of nitrogens with one attached hydrogen (secondary N) is 2. The summed E-state index contributed by atoms with van der Waals surface area (Å²) in [5.41, 5.74) is 0.897. The molecule has 0 aliphatic carbocycles. The van der Waals surface area contributed by atoms with Gasteiger partial charge in [-0.25, -0.2) is 0 Å². The number of hydrogen-bond donors (Lipinski definition) is 2. The number of pyridine rings is 1. The van der Waals surface area contributed by atoms with E-state index in [9.17, 15) is 4.79 Å². The Morgan fingerprint density at radius 1 is 1.47 bits per heavy atom. The maximum atomic E-state index is 12.0. The van der Waals surface area contributed by atoms with Crippen molar-refractivity contribution in [2.24, 2.45) is 0 Å². The molecular formula is C14H22N4O. The first kappa shape index (κ1) is 14.0. The molecule has 2 rings (SSSR count). The minimum Gasteiger partial charge on any atom is -0.347 e. The van der Waals surface area contributed by atoms with Crippen LogP contribution >= 0.6 is 0 Å². The number of hydrogen-bond acceptors (Lipinski definition) is 4. The predicted octanol–water partition coefficient (Wildman–Crippen LogP) is 0.554. The van der Waals surface area contributed by atoms with Gasteiger partial charge in [-0.15, -0.1) is 0 Å². The number of rotatable bonds is 4. The van der Waals surface area contributed by atoms with Crippen molar-refractivity contribution in [2.45, 2.75) is 19.4 Å². The van der Waals surface area contributed by atoms with E-state index in [1.807, 2.05) is 25.1 Å². The zero-order valence-corrected chi connectivity index (χ0v) is 11.4. The molecule has 5 nitrogen and oxygen atoms in total. The van der Waals surface area contributed by atoms with E-state index >= 15 is 0 Å². The summed E-state index contributed by atoms with van der Waals surface area (Å²) >= 11 is 0. The summed E-state index contributed by atoms with van der Waals surface area (Å²) in [5, 5.41) is 6.33. The third-order valence-electron chi connectivity index (χ3n) is 3.31. The smallest absolute Gasteiger partial charge is 0.234 e. The molecule has 0 aromatic carbocycles. The fourth-order valence-electron chi connectivity index (χ4n) is 2.26. The van der Waals surface area contributed by atoms with Crippen molar-refractivity contribution in [3.8, 4) is 0 Å². The molecule has 1 aromatic heterocycles. The van der Waals surface area contributed by atoms with Crippen LogP contribution in [0.3, 0.4) is 0 Å². The van der Waals surface area contributed by atoms with Crippen molar-refractivity contribution in [1.82, 2.24) is 20.5 Å². The summed E-state index contributed by atoms with van der Waals surface area (Å²) in [5.74, 6) is 0.0695. The first-order valence-corrected chi connectivity index (χ1v) is 6.89. The quantitative estimate of drug-likeness (QED) is 0.832. The van der Waals surface area contributed by atoms with Crippen LogP contribution < -0.4 is 10.6 Å². The average molecular weight is 262 g/mol. The van der Waals surface area contributed by atoms with Crippen molar-refractivity contribution in [3.05, 3.63) is 30.1 Å². The second-order valence-corrected chi connectivity index (χ2v) is 4.92. The second-order valence-electron chi connectivity index (χ2n) is 4.92. The topological polar surface area (TPSA) is 57.3 Å². The summed E-state index contributed by atoms with van der Waals surface area (Å²) in [4.78, 5) is 18.5. The maximum Gasteiger partial charge on any atom is 0.234 e. The zero-order chi connectivity index (χ0) is 13.5. The van der Waals surface area contributed by atoms with Gasteiger partial charge in [-0.05, 0) is 38.6 Å². The Balaban J connectivity index is 1.80. The van der Waals surface area contributed by atoms with E-state index in [2.05, 4.69) is 20.5 Å². The van der Waals surface area contributed by atoms with Gasteiger partial charge < -0.3 is 10.6 Å². The molecule has 2 heterocycles. The largest absolute Gasteiger partial charge is 0.347 e. The van der Waals surface area contributed by atoms with Crippen LogP contribution in [-0.4, -0.2) is 48.5 Å². The van der Waals surface area contributed by atoms with Gasteiger partial charge in [0.05, 0.1) is 18.3 Å². The van der Waals surface area contributed by atoms with E-state index in [1.165, 1.54) is 0 Å². The van der Waals surface area contributed by atoms with E-state index < -0.39 is 0 Å². The lowest BCUT2D eigenvalue weighted by molar-refractivity contribution is -0.122. The molecule has 1 aromatic rings. The van der Waals surface area contributed by atoms with E-state index in [0.717, 1.165) is 38.3 Å². The van der Waals surface area contributed by atoms with Crippen LogP contribution in [0.4, 0.5) is 0 Å². The molecule has 5 heteroatoms. The number of amides is 1. The highest BCUT2D eigenvalue weighted by Gasteiger charge is 2.15. The van der Waals surface area contributed by atoms with Gasteiger partial charge >= 0.3 is 0 Å². The zero-order valence-electron chi connectivity index (χ0n) is 11.4. The van der Waals surface area contributed by atoms with Crippen LogP contribution in [0.5, 0.6) is 0 Å². The summed E-state index contributed by atoms with van der Waals surface area (Å²) < 4.78 is 0. The first-order valence-electron chi connectivity index (χ1n) is 6.89. The first-order chi connectivity index (χ1) is 9.25. The summed E-state index contributed by atoms with van der Waals surface area (Å²) in [6.45, 7) is 6.36. The lowest BCUT2D eigenvalue weighted by Crippen LogP contribution is -2.39.